The SMILES string of the molecule is CC(C)(C)C[Si]OC1(CCC2(O[Si]CC(C)(C)C)C=Cc3ccccc32)C=Cc2ccccc21. The van der Waals surface area contributed by atoms with Crippen LogP contribution in [-0.4, -0.2) is 19.5 Å². The van der Waals surface area contributed by atoms with Crippen molar-refractivity contribution in [3.05, 3.63) is 82.9 Å². The molecule has 2 aromatic rings. The van der Waals surface area contributed by atoms with Crippen LogP contribution in [0.15, 0.2) is 60.7 Å². The van der Waals surface area contributed by atoms with Gasteiger partial charge in [0.15, 0.2) is 0 Å². The summed E-state index contributed by atoms with van der Waals surface area (Å²) in [6, 6.07) is 19.5. The van der Waals surface area contributed by atoms with Crippen molar-refractivity contribution in [2.45, 2.75) is 77.7 Å². The van der Waals surface area contributed by atoms with Crippen molar-refractivity contribution in [2.24, 2.45) is 10.8 Å². The van der Waals surface area contributed by atoms with Crippen molar-refractivity contribution < 1.29 is 8.85 Å². The van der Waals surface area contributed by atoms with Crippen LogP contribution in [0.1, 0.15) is 76.6 Å². The van der Waals surface area contributed by atoms with E-state index in [9.17, 15) is 0 Å². The Morgan fingerprint density at radius 2 is 1.00 bits per heavy atom. The van der Waals surface area contributed by atoms with Gasteiger partial charge in [0.05, 0.1) is 0 Å². The fourth-order valence-electron chi connectivity index (χ4n) is 4.53. The van der Waals surface area contributed by atoms with Crippen LogP contribution >= 0.6 is 0 Å². The van der Waals surface area contributed by atoms with E-state index in [-0.39, 0.29) is 10.8 Å². The first-order valence-corrected chi connectivity index (χ1v) is 14.6. The number of benzene rings is 2. The van der Waals surface area contributed by atoms with Crippen molar-refractivity contribution in [2.75, 3.05) is 0 Å². The normalized spacial score (nSPS) is 23.4. The fourth-order valence-corrected chi connectivity index (χ4v) is 6.62. The largest absolute Gasteiger partial charge is 0.404 e. The summed E-state index contributed by atoms with van der Waals surface area (Å²) in [5.41, 5.74) is 4.85. The van der Waals surface area contributed by atoms with Gasteiger partial charge in [0.2, 0.25) is 19.5 Å². The molecule has 0 N–H and O–H groups in total. The lowest BCUT2D eigenvalue weighted by atomic mass is 9.83. The Balaban J connectivity index is 1.60. The lowest BCUT2D eigenvalue weighted by Gasteiger charge is -2.37. The Bertz CT molecular complexity index is 974. The fraction of sp³-hybridized carbons (Fsp3) is 0.467. The second-order valence-corrected chi connectivity index (χ2v) is 13.8. The molecule has 0 aliphatic heterocycles. The average Bonchev–Trinajstić information content (AvgIpc) is 3.31. The monoisotopic (exact) mass is 486 g/mol. The summed E-state index contributed by atoms with van der Waals surface area (Å²) in [5.74, 6) is 0. The molecule has 2 aromatic carbocycles. The molecule has 4 rings (SSSR count). The molecule has 0 bridgehead atoms. The Morgan fingerprint density at radius 3 is 1.38 bits per heavy atom. The minimum Gasteiger partial charge on any atom is -0.404 e. The van der Waals surface area contributed by atoms with Gasteiger partial charge in [0.25, 0.3) is 0 Å². The van der Waals surface area contributed by atoms with Crippen molar-refractivity contribution in [1.29, 1.82) is 0 Å². The third-order valence-corrected chi connectivity index (χ3v) is 9.91. The molecule has 2 atom stereocenters. The zero-order valence-electron chi connectivity index (χ0n) is 21.6. The molecule has 0 aromatic heterocycles. The molecule has 2 aliphatic carbocycles. The van der Waals surface area contributed by atoms with Gasteiger partial charge in [-0.15, -0.1) is 0 Å². The highest BCUT2D eigenvalue weighted by Crippen LogP contribution is 2.47. The molecule has 2 nitrogen and oxygen atoms in total. The van der Waals surface area contributed by atoms with E-state index >= 15 is 0 Å². The van der Waals surface area contributed by atoms with E-state index in [0.29, 0.717) is 19.5 Å². The summed E-state index contributed by atoms with van der Waals surface area (Å²) >= 11 is 0. The van der Waals surface area contributed by atoms with Crippen LogP contribution in [0.4, 0.5) is 0 Å². The third-order valence-electron chi connectivity index (χ3n) is 6.48. The molecule has 4 heteroatoms. The van der Waals surface area contributed by atoms with Crippen LogP contribution in [0.2, 0.25) is 12.1 Å². The Kier molecular flexibility index (Phi) is 7.26. The Labute approximate surface area is 211 Å². The summed E-state index contributed by atoms with van der Waals surface area (Å²) in [6.45, 7) is 13.7. The quantitative estimate of drug-likeness (QED) is 0.336. The van der Waals surface area contributed by atoms with Crippen LogP contribution < -0.4 is 0 Å². The zero-order valence-corrected chi connectivity index (χ0v) is 23.6. The predicted octanol–water partition coefficient (Wildman–Crippen LogP) is 7.81. The summed E-state index contributed by atoms with van der Waals surface area (Å²) in [7, 11) is 0.918. The molecule has 0 amide bonds. The van der Waals surface area contributed by atoms with Gasteiger partial charge in [0, 0.05) is 0 Å². The molecule has 34 heavy (non-hydrogen) atoms. The maximum atomic E-state index is 6.81. The molecule has 2 unspecified atom stereocenters. The highest BCUT2D eigenvalue weighted by atomic mass is 28.2. The van der Waals surface area contributed by atoms with E-state index in [1.54, 1.807) is 0 Å². The maximum absolute atomic E-state index is 6.81. The Morgan fingerprint density at radius 1 is 0.618 bits per heavy atom. The Hall–Kier alpha value is -1.73. The zero-order chi connectivity index (χ0) is 24.5. The lowest BCUT2D eigenvalue weighted by molar-refractivity contribution is 0.0591. The first-order valence-electron chi connectivity index (χ1n) is 12.4. The number of rotatable bonds is 9. The topological polar surface area (TPSA) is 18.5 Å². The highest BCUT2D eigenvalue weighted by Gasteiger charge is 2.42. The molecule has 4 radical (unpaired) electrons. The van der Waals surface area contributed by atoms with Crippen LogP contribution in [0.5, 0.6) is 0 Å². The van der Waals surface area contributed by atoms with E-state index in [1.165, 1.54) is 22.3 Å². The van der Waals surface area contributed by atoms with Gasteiger partial charge >= 0.3 is 0 Å². The van der Waals surface area contributed by atoms with Crippen LogP contribution in [0.25, 0.3) is 12.2 Å². The molecule has 0 saturated heterocycles. The summed E-state index contributed by atoms with van der Waals surface area (Å²) in [5, 5.41) is 0. The van der Waals surface area contributed by atoms with Crippen LogP contribution in [-0.2, 0) is 20.1 Å². The minimum absolute atomic E-state index is 0.257. The molecular weight excluding hydrogens is 449 g/mol. The standard InChI is InChI=1S/C30H38O2Si2/c1-27(2,3)21-33-31-29(17-15-23-11-7-9-13-25(23)29)19-20-30(32-34-22-28(4,5)6)18-16-24-12-8-10-14-26(24)30/h7-18H,19-22H2,1-6H3. The van der Waals surface area contributed by atoms with Gasteiger partial charge < -0.3 is 8.85 Å². The number of fused-ring (bicyclic) bond motifs is 2. The number of hydrogen-bond acceptors (Lipinski definition) is 2. The van der Waals surface area contributed by atoms with E-state index in [2.05, 4.69) is 114 Å². The van der Waals surface area contributed by atoms with Gasteiger partial charge in [-0.2, -0.15) is 0 Å². The first kappa shape index (κ1) is 25.4. The highest BCUT2D eigenvalue weighted by molar-refractivity contribution is 6.28. The van der Waals surface area contributed by atoms with Crippen molar-refractivity contribution in [3.8, 4) is 0 Å². The molecule has 2 aliphatic rings. The second kappa shape index (κ2) is 9.73. The van der Waals surface area contributed by atoms with Crippen LogP contribution in [0, 0.1) is 10.8 Å². The molecular formula is C30H38O2Si2. The molecule has 178 valence electrons. The molecule has 0 heterocycles. The van der Waals surface area contributed by atoms with Gasteiger partial charge in [-0.3, -0.25) is 0 Å². The van der Waals surface area contributed by atoms with E-state index < -0.39 is 11.2 Å². The van der Waals surface area contributed by atoms with Crippen molar-refractivity contribution >= 4 is 31.7 Å². The smallest absolute Gasteiger partial charge is 0.231 e. The molecule has 0 fully saturated rings. The summed E-state index contributed by atoms with van der Waals surface area (Å²) < 4.78 is 13.6. The maximum Gasteiger partial charge on any atom is 0.231 e. The number of hydrogen-bond donors (Lipinski definition) is 0. The molecule has 0 saturated carbocycles. The van der Waals surface area contributed by atoms with E-state index in [1.807, 2.05) is 0 Å². The third kappa shape index (κ3) is 5.73. The van der Waals surface area contributed by atoms with Crippen molar-refractivity contribution in [3.63, 3.8) is 0 Å². The van der Waals surface area contributed by atoms with E-state index in [4.69, 9.17) is 8.85 Å². The second-order valence-electron chi connectivity index (χ2n) is 12.1. The van der Waals surface area contributed by atoms with Gasteiger partial charge in [-0.25, -0.2) is 0 Å². The van der Waals surface area contributed by atoms with Gasteiger partial charge in [-0.05, 0) is 70.2 Å². The molecule has 0 spiro atoms. The summed E-state index contributed by atoms with van der Waals surface area (Å²) in [4.78, 5) is 0. The van der Waals surface area contributed by atoms with Gasteiger partial charge in [-0.1, -0.05) is 102 Å². The average molecular weight is 487 g/mol. The first-order chi connectivity index (χ1) is 16.0. The predicted molar refractivity (Wildman–Crippen MR) is 146 cm³/mol. The summed E-state index contributed by atoms with van der Waals surface area (Å²) in [6.07, 6.45) is 10.8. The van der Waals surface area contributed by atoms with E-state index in [0.717, 1.165) is 24.9 Å². The van der Waals surface area contributed by atoms with Crippen molar-refractivity contribution in [1.82, 2.24) is 0 Å². The minimum atomic E-state index is -0.394. The van der Waals surface area contributed by atoms with Gasteiger partial charge in [0.1, 0.15) is 11.2 Å². The van der Waals surface area contributed by atoms with Crippen LogP contribution in [0.3, 0.4) is 0 Å². The lowest BCUT2D eigenvalue weighted by Crippen LogP contribution is -2.35.